The van der Waals surface area contributed by atoms with Gasteiger partial charge in [0.2, 0.25) is 5.60 Å². The highest BCUT2D eigenvalue weighted by atomic mass is 79.9. The average molecular weight is 812 g/mol. The van der Waals surface area contributed by atoms with Crippen molar-refractivity contribution in [3.63, 3.8) is 0 Å². The molecule has 7 heterocycles. The molecule has 3 fully saturated rings. The van der Waals surface area contributed by atoms with Crippen LogP contribution in [-0.2, 0) is 26.3 Å². The minimum absolute atomic E-state index is 0. The molecule has 1 amide bonds. The van der Waals surface area contributed by atoms with Crippen molar-refractivity contribution in [1.29, 1.82) is 0 Å². The van der Waals surface area contributed by atoms with Gasteiger partial charge in [-0.2, -0.15) is 0 Å². The molecule has 8 rings (SSSR count). The number of amides is 1. The fourth-order valence-electron chi connectivity index (χ4n) is 7.18. The Bertz CT molecular complexity index is 1770. The van der Waals surface area contributed by atoms with E-state index in [1.807, 2.05) is 22.9 Å². The lowest BCUT2D eigenvalue weighted by Crippen LogP contribution is -3.00. The zero-order valence-corrected chi connectivity index (χ0v) is 31.5. The second-order valence-corrected chi connectivity index (χ2v) is 15.4. The summed E-state index contributed by atoms with van der Waals surface area (Å²) in [7, 11) is 6.06. The van der Waals surface area contributed by atoms with E-state index in [1.54, 1.807) is 31.4 Å². The topological polar surface area (TPSA) is 120 Å². The maximum atomic E-state index is 13.1. The smallest absolute Gasteiger partial charge is 0.349 e. The summed E-state index contributed by atoms with van der Waals surface area (Å²) in [5, 5.41) is 18.4. The number of fused-ring (bicyclic) bond motifs is 6. The van der Waals surface area contributed by atoms with Gasteiger partial charge in [0, 0.05) is 42.8 Å². The van der Waals surface area contributed by atoms with Crippen LogP contribution in [0.2, 0.25) is 10.0 Å². The fraction of sp³-hybridized carbons (Fsp3) is 0.382. The number of nitrogens with one attached hydrogen (secondary N) is 1. The number of methoxy groups -OCH3 is 1. The molecule has 2 bridgehead atoms. The van der Waals surface area contributed by atoms with Crippen LogP contribution in [0.15, 0.2) is 59.6 Å². The first-order chi connectivity index (χ1) is 23.0. The van der Waals surface area contributed by atoms with Crippen LogP contribution in [0.1, 0.15) is 38.5 Å². The number of hydrogen-bond donors (Lipinski definition) is 2. The number of carbonyl (C=O) groups excluding carboxylic acids is 2. The number of esters is 1. The first kappa shape index (κ1) is 36.1. The van der Waals surface area contributed by atoms with E-state index in [2.05, 4.69) is 24.4 Å². The number of piperidine rings is 1. The molecule has 0 aliphatic carbocycles. The van der Waals surface area contributed by atoms with Crippen molar-refractivity contribution in [3.8, 4) is 11.5 Å². The lowest BCUT2D eigenvalue weighted by Gasteiger charge is -2.45. The minimum atomic E-state index is -1.72. The van der Waals surface area contributed by atoms with Gasteiger partial charge in [0.05, 0.1) is 53.3 Å². The third-order valence-electron chi connectivity index (χ3n) is 9.74. The number of rotatable bonds is 7. The monoisotopic (exact) mass is 809 g/mol. The molecule has 5 atom stereocenters. The maximum absolute atomic E-state index is 13.1. The van der Waals surface area contributed by atoms with Crippen molar-refractivity contribution >= 4 is 63.4 Å². The van der Waals surface area contributed by atoms with E-state index in [-0.39, 0.29) is 39.0 Å². The van der Waals surface area contributed by atoms with Gasteiger partial charge in [-0.3, -0.25) is 9.78 Å². The predicted octanol–water partition coefficient (Wildman–Crippen LogP) is 2.93. The third-order valence-corrected chi connectivity index (χ3v) is 12.3. The van der Waals surface area contributed by atoms with Crippen LogP contribution in [0.25, 0.3) is 0 Å². The first-order valence-corrected chi connectivity index (χ1v) is 18.0. The molecule has 260 valence electrons. The number of morpholine rings is 1. The number of pyridine rings is 1. The van der Waals surface area contributed by atoms with Crippen LogP contribution >= 0.6 is 45.9 Å². The zero-order chi connectivity index (χ0) is 33.8. The average Bonchev–Trinajstić information content (AvgIpc) is 3.55. The van der Waals surface area contributed by atoms with Crippen molar-refractivity contribution in [2.75, 3.05) is 33.1 Å². The Hall–Kier alpha value is -2.75. The van der Waals surface area contributed by atoms with Crippen molar-refractivity contribution in [2.24, 2.45) is 0 Å². The van der Waals surface area contributed by atoms with Crippen LogP contribution in [0, 0.1) is 0 Å². The Balaban J connectivity index is 0.000000169. The largest absolute Gasteiger partial charge is 1.00 e. The van der Waals surface area contributed by atoms with E-state index >= 15 is 0 Å². The third kappa shape index (κ3) is 6.48. The SMILES string of the molecule is COc1ccc(C(=O)Nc2c(Cl)cncc2Cl)c2c1OCC2.C[N+]1(C)C2CC(OC(=O)C(O)(c3cccs3)c3cccs3)CC1[C@@H]1O[C@H]21.[Br-]. The van der Waals surface area contributed by atoms with E-state index in [9.17, 15) is 14.7 Å². The molecule has 1 aromatic carbocycles. The quantitative estimate of drug-likeness (QED) is 0.166. The highest BCUT2D eigenvalue weighted by molar-refractivity contribution is 7.12. The van der Waals surface area contributed by atoms with E-state index < -0.39 is 11.6 Å². The fourth-order valence-corrected chi connectivity index (χ4v) is 9.36. The number of likely N-dealkylation sites (N-methyl/N-ethyl adjacent to an activating group) is 1. The number of aromatic nitrogens is 1. The molecule has 3 saturated heterocycles. The predicted molar refractivity (Wildman–Crippen MR) is 183 cm³/mol. The summed E-state index contributed by atoms with van der Waals surface area (Å²) in [5.74, 6) is 0.360. The normalized spacial score (nSPS) is 23.8. The van der Waals surface area contributed by atoms with Crippen LogP contribution in [0.4, 0.5) is 5.69 Å². The Kier molecular flexibility index (Phi) is 10.4. The van der Waals surface area contributed by atoms with Gasteiger partial charge in [-0.15, -0.1) is 22.7 Å². The number of anilines is 1. The summed E-state index contributed by atoms with van der Waals surface area (Å²) >= 11 is 14.8. The van der Waals surface area contributed by atoms with Gasteiger partial charge in [-0.1, -0.05) is 35.3 Å². The molecule has 2 N–H and O–H groups in total. The number of hydrogen-bond acceptors (Lipinski definition) is 10. The minimum Gasteiger partial charge on any atom is -1.00 e. The molecule has 0 radical (unpaired) electrons. The molecule has 15 heteroatoms. The number of benzene rings is 1. The Morgan fingerprint density at radius 1 is 1.02 bits per heavy atom. The molecular formula is C34H34BrCl2N3O7S2. The summed E-state index contributed by atoms with van der Waals surface area (Å²) in [6.07, 6.45) is 5.54. The van der Waals surface area contributed by atoms with Crippen molar-refractivity contribution in [3.05, 3.63) is 90.5 Å². The highest BCUT2D eigenvalue weighted by Crippen LogP contribution is 2.52. The van der Waals surface area contributed by atoms with Gasteiger partial charge in [0.25, 0.3) is 5.91 Å². The van der Waals surface area contributed by atoms with Crippen molar-refractivity contribution in [1.82, 2.24) is 4.98 Å². The molecule has 49 heavy (non-hydrogen) atoms. The second-order valence-electron chi connectivity index (χ2n) is 12.6. The molecule has 4 aliphatic rings. The first-order valence-electron chi connectivity index (χ1n) is 15.5. The summed E-state index contributed by atoms with van der Waals surface area (Å²) in [6.45, 7) is 0.521. The van der Waals surface area contributed by atoms with Crippen LogP contribution < -0.4 is 31.8 Å². The van der Waals surface area contributed by atoms with Gasteiger partial charge in [-0.05, 0) is 35.0 Å². The maximum Gasteiger partial charge on any atom is 0.349 e. The second kappa shape index (κ2) is 14.1. The molecular weight excluding hydrogens is 777 g/mol. The van der Waals surface area contributed by atoms with Crippen molar-refractivity contribution in [2.45, 2.75) is 55.3 Å². The number of ether oxygens (including phenoxy) is 4. The summed E-state index contributed by atoms with van der Waals surface area (Å²) in [6, 6.07) is 11.4. The van der Waals surface area contributed by atoms with Gasteiger partial charge in [0.1, 0.15) is 30.4 Å². The van der Waals surface area contributed by atoms with E-state index in [4.69, 9.17) is 42.1 Å². The molecule has 4 aliphatic heterocycles. The Labute approximate surface area is 312 Å². The van der Waals surface area contributed by atoms with Gasteiger partial charge < -0.3 is 50.8 Å². The van der Waals surface area contributed by atoms with Crippen LogP contribution in [0.3, 0.4) is 0 Å². The van der Waals surface area contributed by atoms with Gasteiger partial charge in [-0.25, -0.2) is 4.79 Å². The molecule has 4 aromatic rings. The lowest BCUT2D eigenvalue weighted by atomic mass is 9.95. The number of aliphatic hydroxyl groups is 1. The molecule has 0 saturated carbocycles. The molecule has 0 spiro atoms. The summed E-state index contributed by atoms with van der Waals surface area (Å²) in [4.78, 5) is 30.7. The number of halogens is 3. The number of epoxide rings is 1. The molecule has 3 unspecified atom stereocenters. The van der Waals surface area contributed by atoms with Gasteiger partial charge >= 0.3 is 5.97 Å². The van der Waals surface area contributed by atoms with Gasteiger partial charge in [0.15, 0.2) is 11.5 Å². The van der Waals surface area contributed by atoms with E-state index in [1.165, 1.54) is 35.1 Å². The Morgan fingerprint density at radius 3 is 2.18 bits per heavy atom. The van der Waals surface area contributed by atoms with Crippen LogP contribution in [0.5, 0.6) is 11.5 Å². The number of carbonyl (C=O) groups is 2. The number of quaternary nitrogens is 1. The lowest BCUT2D eigenvalue weighted by molar-refractivity contribution is -0.938. The number of nitrogens with zero attached hydrogens (tertiary/aromatic N) is 2. The van der Waals surface area contributed by atoms with Crippen molar-refractivity contribution < 1.29 is 55.1 Å². The van der Waals surface area contributed by atoms with Crippen LogP contribution in [-0.4, -0.2) is 84.7 Å². The molecule has 10 nitrogen and oxygen atoms in total. The van der Waals surface area contributed by atoms with E-state index in [0.29, 0.717) is 69.8 Å². The van der Waals surface area contributed by atoms with E-state index in [0.717, 1.165) is 22.9 Å². The Morgan fingerprint density at radius 2 is 1.63 bits per heavy atom. The highest BCUT2D eigenvalue weighted by Gasteiger charge is 2.71. The summed E-state index contributed by atoms with van der Waals surface area (Å²) in [5.41, 5.74) is -0.0509. The number of thiophene rings is 2. The zero-order valence-electron chi connectivity index (χ0n) is 26.7. The standard InChI is InChI=1S/C19H22NO4S2.C15H12Cl2N2O3.BrH/c1-20(2)12-9-11(10-13(20)17-16(12)24-17)23-18(21)19(22,14-5-3-7-25-14)15-6-4-8-26-15;1-21-12-3-2-9(8-4-5-22-14(8)12)15(20)19-13-10(16)6-18-7-11(13)17;/h3-8,11-13,16-17,22H,9-10H2,1-2H3;2-3,6-7H,4-5H2,1H3,(H,18,19,20);1H/q+1;;/p-1/t11?,12?,13?,16-,17+;;. The molecule has 3 aromatic heterocycles. The summed E-state index contributed by atoms with van der Waals surface area (Å²) < 4.78 is 23.4.